The third-order valence-electron chi connectivity index (χ3n) is 3.99. The molecule has 1 aromatic heterocycles. The van der Waals surface area contributed by atoms with Crippen LogP contribution in [0, 0.1) is 0 Å². The minimum atomic E-state index is 0.299. The van der Waals surface area contributed by atoms with Crippen molar-refractivity contribution in [2.75, 3.05) is 41.4 Å². The first-order valence-electron chi connectivity index (χ1n) is 7.21. The summed E-state index contributed by atoms with van der Waals surface area (Å²) in [7, 11) is 2.06. The van der Waals surface area contributed by atoms with Crippen LogP contribution in [0.15, 0.2) is 0 Å². The highest BCUT2D eigenvalue weighted by atomic mass is 35.5. The maximum absolute atomic E-state index is 6.10. The quantitative estimate of drug-likeness (QED) is 0.854. The molecule has 3 heterocycles. The summed E-state index contributed by atoms with van der Waals surface area (Å²) in [6, 6.07) is 0.507. The highest BCUT2D eigenvalue weighted by Gasteiger charge is 2.24. The maximum atomic E-state index is 6.10. The second kappa shape index (κ2) is 6.35. The molecule has 0 aromatic carbocycles. The van der Waals surface area contributed by atoms with Crippen molar-refractivity contribution < 1.29 is 0 Å². The van der Waals surface area contributed by atoms with Gasteiger partial charge in [0.1, 0.15) is 0 Å². The monoisotopic (exact) mass is 313 g/mol. The largest absolute Gasteiger partial charge is 0.341 e. The molecule has 2 aliphatic rings. The second-order valence-corrected chi connectivity index (χ2v) is 6.87. The van der Waals surface area contributed by atoms with Crippen LogP contribution in [0.25, 0.3) is 0 Å². The van der Waals surface area contributed by atoms with Crippen molar-refractivity contribution in [3.63, 3.8) is 0 Å². The third kappa shape index (κ3) is 3.11. The average molecular weight is 314 g/mol. The molecule has 0 spiro atoms. The van der Waals surface area contributed by atoms with Crippen molar-refractivity contribution >= 4 is 35.3 Å². The molecular weight excluding hydrogens is 294 g/mol. The van der Waals surface area contributed by atoms with Crippen LogP contribution >= 0.6 is 23.4 Å². The number of hydrogen-bond donors (Lipinski definition) is 0. The Balaban J connectivity index is 1.81. The average Bonchev–Trinajstić information content (AvgIpc) is 3.01. The van der Waals surface area contributed by atoms with Gasteiger partial charge in [0.25, 0.3) is 0 Å². The maximum Gasteiger partial charge on any atom is 0.231 e. The summed E-state index contributed by atoms with van der Waals surface area (Å²) >= 11 is 8.08. The third-order valence-corrected chi connectivity index (χ3v) is 5.31. The lowest BCUT2D eigenvalue weighted by molar-refractivity contribution is 0.566. The molecule has 3 rings (SSSR count). The van der Waals surface area contributed by atoms with Gasteiger partial charge in [-0.3, -0.25) is 0 Å². The van der Waals surface area contributed by atoms with Crippen molar-refractivity contribution in [2.24, 2.45) is 0 Å². The molecule has 110 valence electrons. The van der Waals surface area contributed by atoms with E-state index in [2.05, 4.69) is 31.8 Å². The topological polar surface area (TPSA) is 45.2 Å². The number of anilines is 2. The molecule has 0 aliphatic carbocycles. The second-order valence-electron chi connectivity index (χ2n) is 5.38. The zero-order valence-corrected chi connectivity index (χ0v) is 13.3. The van der Waals surface area contributed by atoms with E-state index in [0.29, 0.717) is 17.3 Å². The standard InChI is InChI=1S/C13H20ClN5S/c1-18(10-5-8-20-9-10)12-15-11(14)16-13(17-12)19-6-3-2-4-7-19/h10H,2-9H2,1H3. The number of rotatable bonds is 3. The molecule has 2 saturated heterocycles. The van der Waals surface area contributed by atoms with Gasteiger partial charge in [0.15, 0.2) is 0 Å². The SMILES string of the molecule is CN(c1nc(Cl)nc(N2CCCCC2)n1)C1CCSC1. The van der Waals surface area contributed by atoms with Gasteiger partial charge in [0.2, 0.25) is 17.2 Å². The van der Waals surface area contributed by atoms with Crippen LogP contribution in [-0.4, -0.2) is 52.6 Å². The van der Waals surface area contributed by atoms with Crippen molar-refractivity contribution in [2.45, 2.75) is 31.7 Å². The van der Waals surface area contributed by atoms with Gasteiger partial charge in [-0.05, 0) is 43.0 Å². The zero-order chi connectivity index (χ0) is 13.9. The highest BCUT2D eigenvalue weighted by molar-refractivity contribution is 7.99. The predicted octanol–water partition coefficient (Wildman–Crippen LogP) is 2.46. The molecule has 2 fully saturated rings. The summed E-state index contributed by atoms with van der Waals surface area (Å²) in [6.07, 6.45) is 4.88. The lowest BCUT2D eigenvalue weighted by atomic mass is 10.1. The van der Waals surface area contributed by atoms with Gasteiger partial charge >= 0.3 is 0 Å². The van der Waals surface area contributed by atoms with E-state index in [9.17, 15) is 0 Å². The molecule has 0 bridgehead atoms. The minimum Gasteiger partial charge on any atom is -0.341 e. The Labute approximate surface area is 129 Å². The van der Waals surface area contributed by atoms with Crippen LogP contribution < -0.4 is 9.80 Å². The van der Waals surface area contributed by atoms with Crippen LogP contribution in [0.4, 0.5) is 11.9 Å². The molecule has 2 aliphatic heterocycles. The zero-order valence-electron chi connectivity index (χ0n) is 11.8. The predicted molar refractivity (Wildman–Crippen MR) is 85.0 cm³/mol. The fourth-order valence-electron chi connectivity index (χ4n) is 2.71. The van der Waals surface area contributed by atoms with Gasteiger partial charge in [-0.15, -0.1) is 0 Å². The van der Waals surface area contributed by atoms with Crippen molar-refractivity contribution in [1.29, 1.82) is 0 Å². The Bertz CT molecular complexity index is 460. The lowest BCUT2D eigenvalue weighted by Gasteiger charge is -2.28. The summed E-state index contributed by atoms with van der Waals surface area (Å²) < 4.78 is 0. The Kier molecular flexibility index (Phi) is 4.51. The normalized spacial score (nSPS) is 23.1. The summed E-state index contributed by atoms with van der Waals surface area (Å²) in [5.41, 5.74) is 0. The first-order valence-corrected chi connectivity index (χ1v) is 8.74. The Morgan fingerprint density at radius 3 is 2.70 bits per heavy atom. The molecule has 1 atom stereocenters. The van der Waals surface area contributed by atoms with E-state index in [-0.39, 0.29) is 0 Å². The summed E-state index contributed by atoms with van der Waals surface area (Å²) in [5.74, 6) is 3.79. The summed E-state index contributed by atoms with van der Waals surface area (Å²) in [6.45, 7) is 2.03. The molecule has 5 nitrogen and oxygen atoms in total. The van der Waals surface area contributed by atoms with E-state index in [1.165, 1.54) is 31.4 Å². The minimum absolute atomic E-state index is 0.299. The van der Waals surface area contributed by atoms with Gasteiger partial charge in [-0.2, -0.15) is 26.7 Å². The lowest BCUT2D eigenvalue weighted by Crippen LogP contribution is -2.35. The number of halogens is 1. The Morgan fingerprint density at radius 1 is 1.20 bits per heavy atom. The number of piperidine rings is 1. The fourth-order valence-corrected chi connectivity index (χ4v) is 4.13. The highest BCUT2D eigenvalue weighted by Crippen LogP contribution is 2.26. The smallest absolute Gasteiger partial charge is 0.231 e. The van der Waals surface area contributed by atoms with Gasteiger partial charge in [-0.25, -0.2) is 0 Å². The van der Waals surface area contributed by atoms with Gasteiger partial charge < -0.3 is 9.80 Å². The van der Waals surface area contributed by atoms with E-state index in [4.69, 9.17) is 11.6 Å². The van der Waals surface area contributed by atoms with Crippen LogP contribution in [0.3, 0.4) is 0 Å². The molecule has 7 heteroatoms. The molecule has 20 heavy (non-hydrogen) atoms. The molecule has 1 aromatic rings. The first kappa shape index (κ1) is 14.2. The Morgan fingerprint density at radius 2 is 2.00 bits per heavy atom. The van der Waals surface area contributed by atoms with E-state index >= 15 is 0 Å². The Hall–Kier alpha value is -0.750. The van der Waals surface area contributed by atoms with E-state index in [1.54, 1.807) is 0 Å². The summed E-state index contributed by atoms with van der Waals surface area (Å²) in [4.78, 5) is 17.6. The molecule has 1 unspecified atom stereocenters. The molecule has 0 radical (unpaired) electrons. The van der Waals surface area contributed by atoms with Crippen molar-refractivity contribution in [3.05, 3.63) is 5.28 Å². The van der Waals surface area contributed by atoms with Crippen molar-refractivity contribution in [3.8, 4) is 0 Å². The number of nitrogens with zero attached hydrogens (tertiary/aromatic N) is 5. The summed E-state index contributed by atoms with van der Waals surface area (Å²) in [5, 5.41) is 0.299. The first-order chi connectivity index (χ1) is 9.74. The number of hydrogen-bond acceptors (Lipinski definition) is 6. The van der Waals surface area contributed by atoms with Gasteiger partial charge in [0.05, 0.1) is 0 Å². The van der Waals surface area contributed by atoms with E-state index < -0.39 is 0 Å². The number of aromatic nitrogens is 3. The molecule has 0 amide bonds. The van der Waals surface area contributed by atoms with Gasteiger partial charge in [0, 0.05) is 31.9 Å². The molecule has 0 N–H and O–H groups in total. The number of thioether (sulfide) groups is 1. The molecular formula is C13H20ClN5S. The van der Waals surface area contributed by atoms with Crippen molar-refractivity contribution in [1.82, 2.24) is 15.0 Å². The van der Waals surface area contributed by atoms with E-state index in [0.717, 1.165) is 24.8 Å². The van der Waals surface area contributed by atoms with Crippen LogP contribution in [0.1, 0.15) is 25.7 Å². The fraction of sp³-hybridized carbons (Fsp3) is 0.769. The van der Waals surface area contributed by atoms with Crippen LogP contribution in [0.2, 0.25) is 5.28 Å². The van der Waals surface area contributed by atoms with E-state index in [1.807, 2.05) is 11.8 Å². The van der Waals surface area contributed by atoms with Crippen LogP contribution in [-0.2, 0) is 0 Å². The molecule has 0 saturated carbocycles. The van der Waals surface area contributed by atoms with Gasteiger partial charge in [-0.1, -0.05) is 0 Å². The van der Waals surface area contributed by atoms with Crippen LogP contribution in [0.5, 0.6) is 0 Å².